The fourth-order valence-electron chi connectivity index (χ4n) is 2.97. The van der Waals surface area contributed by atoms with Crippen molar-refractivity contribution in [3.63, 3.8) is 0 Å². The van der Waals surface area contributed by atoms with Gasteiger partial charge >= 0.3 is 0 Å². The van der Waals surface area contributed by atoms with Gasteiger partial charge in [0, 0.05) is 24.9 Å². The van der Waals surface area contributed by atoms with E-state index >= 15 is 0 Å². The average Bonchev–Trinajstić information content (AvgIpc) is 3.17. The van der Waals surface area contributed by atoms with E-state index in [9.17, 15) is 14.4 Å². The number of anilines is 2. The lowest BCUT2D eigenvalue weighted by molar-refractivity contribution is -0.122. The third kappa shape index (κ3) is 3.96. The minimum absolute atomic E-state index is 0.0748. The monoisotopic (exact) mass is 407 g/mol. The summed E-state index contributed by atoms with van der Waals surface area (Å²) >= 11 is 7.17. The summed E-state index contributed by atoms with van der Waals surface area (Å²) < 4.78 is 5.30. The van der Waals surface area contributed by atoms with E-state index in [0.717, 1.165) is 11.3 Å². The molecule has 2 amide bonds. The molecule has 1 fully saturated rings. The summed E-state index contributed by atoms with van der Waals surface area (Å²) in [7, 11) is 1.51. The second-order valence-electron chi connectivity index (χ2n) is 6.20. The van der Waals surface area contributed by atoms with Crippen molar-refractivity contribution in [3.05, 3.63) is 33.8 Å². The first kappa shape index (κ1) is 19.3. The number of aromatic nitrogens is 1. The van der Waals surface area contributed by atoms with Gasteiger partial charge in [-0.2, -0.15) is 0 Å². The fraction of sp³-hybridized carbons (Fsp3) is 0.333. The topological polar surface area (TPSA) is 88.6 Å². The molecule has 3 rings (SSSR count). The van der Waals surface area contributed by atoms with E-state index in [0.29, 0.717) is 32.2 Å². The zero-order chi connectivity index (χ0) is 19.7. The smallest absolute Gasteiger partial charge is 0.231 e. The van der Waals surface area contributed by atoms with Crippen molar-refractivity contribution in [3.8, 4) is 5.75 Å². The highest BCUT2D eigenvalue weighted by molar-refractivity contribution is 7.17. The number of rotatable bonds is 5. The fourth-order valence-corrected chi connectivity index (χ4v) is 4.01. The molecule has 1 aliphatic rings. The van der Waals surface area contributed by atoms with Crippen LogP contribution in [-0.2, 0) is 9.59 Å². The van der Waals surface area contributed by atoms with Gasteiger partial charge < -0.3 is 15.0 Å². The molecule has 0 bridgehead atoms. The van der Waals surface area contributed by atoms with Crippen LogP contribution in [0.5, 0.6) is 5.75 Å². The summed E-state index contributed by atoms with van der Waals surface area (Å²) in [6.07, 6.45) is 0.0748. The molecule has 1 N–H and O–H groups in total. The van der Waals surface area contributed by atoms with Crippen LogP contribution >= 0.6 is 22.9 Å². The summed E-state index contributed by atoms with van der Waals surface area (Å²) in [5.41, 5.74) is 1.12. The summed E-state index contributed by atoms with van der Waals surface area (Å²) in [6.45, 7) is 3.39. The number of hydrogen-bond donors (Lipinski definition) is 1. The highest BCUT2D eigenvalue weighted by Crippen LogP contribution is 2.35. The molecule has 1 aromatic carbocycles. The van der Waals surface area contributed by atoms with Gasteiger partial charge in [0.15, 0.2) is 10.9 Å². The summed E-state index contributed by atoms with van der Waals surface area (Å²) in [5.74, 6) is -0.617. The molecule has 0 spiro atoms. The molecule has 7 nitrogen and oxygen atoms in total. The van der Waals surface area contributed by atoms with Crippen LogP contribution < -0.4 is 15.0 Å². The highest BCUT2D eigenvalue weighted by atomic mass is 35.5. The third-order valence-corrected chi connectivity index (χ3v) is 5.68. The van der Waals surface area contributed by atoms with E-state index < -0.39 is 5.92 Å². The summed E-state index contributed by atoms with van der Waals surface area (Å²) in [6, 6.07) is 4.99. The quantitative estimate of drug-likeness (QED) is 0.768. The van der Waals surface area contributed by atoms with Crippen molar-refractivity contribution in [2.75, 3.05) is 23.9 Å². The molecule has 2 heterocycles. The molecule has 9 heteroatoms. The van der Waals surface area contributed by atoms with Gasteiger partial charge in [0.1, 0.15) is 5.75 Å². The molecule has 1 atom stereocenters. The van der Waals surface area contributed by atoms with Gasteiger partial charge in [-0.1, -0.05) is 22.9 Å². The molecule has 0 saturated carbocycles. The minimum Gasteiger partial charge on any atom is -0.495 e. The number of carbonyl (C=O) groups excluding carboxylic acids is 3. The molecule has 1 aromatic heterocycles. The average molecular weight is 408 g/mol. The van der Waals surface area contributed by atoms with Gasteiger partial charge in [-0.15, -0.1) is 0 Å². The first-order valence-electron chi connectivity index (χ1n) is 8.23. The zero-order valence-electron chi connectivity index (χ0n) is 15.0. The van der Waals surface area contributed by atoms with Crippen molar-refractivity contribution >= 4 is 51.4 Å². The SMILES string of the molecule is COc1ccc(Cl)cc1N1CC(C(=O)Nc2nc(C)c(C(C)=O)s2)CC1=O. The van der Waals surface area contributed by atoms with Crippen LogP contribution in [0.1, 0.15) is 28.7 Å². The Morgan fingerprint density at radius 3 is 2.78 bits per heavy atom. The Morgan fingerprint density at radius 2 is 2.15 bits per heavy atom. The van der Waals surface area contributed by atoms with Crippen LogP contribution in [0.4, 0.5) is 10.8 Å². The highest BCUT2D eigenvalue weighted by Gasteiger charge is 2.36. The number of ketones is 1. The number of nitrogens with one attached hydrogen (secondary N) is 1. The molecule has 0 aliphatic carbocycles. The number of ether oxygens (including phenoxy) is 1. The van der Waals surface area contributed by atoms with Gasteiger partial charge in [0.2, 0.25) is 11.8 Å². The molecule has 2 aromatic rings. The number of halogens is 1. The Bertz CT molecular complexity index is 927. The van der Waals surface area contributed by atoms with Gasteiger partial charge in [-0.25, -0.2) is 4.98 Å². The Morgan fingerprint density at radius 1 is 1.41 bits per heavy atom. The van der Waals surface area contributed by atoms with Crippen LogP contribution in [0.25, 0.3) is 0 Å². The number of hydrogen-bond acceptors (Lipinski definition) is 6. The normalized spacial score (nSPS) is 16.5. The standard InChI is InChI=1S/C18H18ClN3O4S/c1-9-16(10(2)23)27-18(20-9)21-17(25)11-6-15(24)22(8-11)13-7-12(19)4-5-14(13)26-3/h4-5,7,11H,6,8H2,1-3H3,(H,20,21,25). The molecule has 1 unspecified atom stereocenters. The number of aryl methyl sites for hydroxylation is 1. The maximum absolute atomic E-state index is 12.6. The van der Waals surface area contributed by atoms with Gasteiger partial charge in [0.05, 0.1) is 29.3 Å². The van der Waals surface area contributed by atoms with E-state index in [1.807, 2.05) is 0 Å². The maximum atomic E-state index is 12.6. The molecule has 142 valence electrons. The maximum Gasteiger partial charge on any atom is 0.231 e. The summed E-state index contributed by atoms with van der Waals surface area (Å²) in [4.78, 5) is 42.8. The van der Waals surface area contributed by atoms with Crippen molar-refractivity contribution in [1.29, 1.82) is 0 Å². The Labute approximate surface area is 165 Å². The van der Waals surface area contributed by atoms with Crippen LogP contribution in [0.2, 0.25) is 5.02 Å². The van der Waals surface area contributed by atoms with E-state index in [1.165, 1.54) is 18.9 Å². The zero-order valence-corrected chi connectivity index (χ0v) is 16.6. The van der Waals surface area contributed by atoms with E-state index in [2.05, 4.69) is 10.3 Å². The van der Waals surface area contributed by atoms with Gasteiger partial charge in [-0.3, -0.25) is 14.4 Å². The van der Waals surface area contributed by atoms with Crippen LogP contribution in [0.3, 0.4) is 0 Å². The lowest BCUT2D eigenvalue weighted by Crippen LogP contribution is -2.28. The number of thiazole rings is 1. The molecular formula is C18H18ClN3O4S. The number of amides is 2. The van der Waals surface area contributed by atoms with Crippen LogP contribution in [-0.4, -0.2) is 36.2 Å². The molecule has 1 aliphatic heterocycles. The molecule has 27 heavy (non-hydrogen) atoms. The van der Waals surface area contributed by atoms with E-state index in [-0.39, 0.29) is 30.6 Å². The number of benzene rings is 1. The van der Waals surface area contributed by atoms with Crippen molar-refractivity contribution in [2.45, 2.75) is 20.3 Å². The lowest BCUT2D eigenvalue weighted by Gasteiger charge is -2.19. The minimum atomic E-state index is -0.536. The molecule has 0 radical (unpaired) electrons. The first-order valence-corrected chi connectivity index (χ1v) is 9.42. The first-order chi connectivity index (χ1) is 12.8. The van der Waals surface area contributed by atoms with Gasteiger partial charge in [-0.05, 0) is 25.1 Å². The van der Waals surface area contributed by atoms with E-state index in [1.54, 1.807) is 25.1 Å². The predicted molar refractivity (Wildman–Crippen MR) is 104 cm³/mol. The number of Topliss-reactive ketones (excluding diaryl/α,β-unsaturated/α-hetero) is 1. The summed E-state index contributed by atoms with van der Waals surface area (Å²) in [5, 5.41) is 3.54. The molecular weight excluding hydrogens is 390 g/mol. The van der Waals surface area contributed by atoms with Crippen molar-refractivity contribution < 1.29 is 19.1 Å². The van der Waals surface area contributed by atoms with Gasteiger partial charge in [0.25, 0.3) is 0 Å². The second kappa shape index (κ2) is 7.66. The number of methoxy groups -OCH3 is 1. The largest absolute Gasteiger partial charge is 0.495 e. The van der Waals surface area contributed by atoms with Crippen molar-refractivity contribution in [2.24, 2.45) is 5.92 Å². The number of carbonyl (C=O) groups is 3. The van der Waals surface area contributed by atoms with Crippen LogP contribution in [0.15, 0.2) is 18.2 Å². The predicted octanol–water partition coefficient (Wildman–Crippen LogP) is 3.31. The second-order valence-corrected chi connectivity index (χ2v) is 7.64. The Hall–Kier alpha value is -2.45. The van der Waals surface area contributed by atoms with E-state index in [4.69, 9.17) is 16.3 Å². The Balaban J connectivity index is 1.75. The van der Waals surface area contributed by atoms with Crippen LogP contribution in [0, 0.1) is 12.8 Å². The van der Waals surface area contributed by atoms with Crippen molar-refractivity contribution in [1.82, 2.24) is 4.98 Å². The number of nitrogens with zero attached hydrogens (tertiary/aromatic N) is 2. The third-order valence-electron chi connectivity index (χ3n) is 4.27. The Kier molecular flexibility index (Phi) is 5.48. The lowest BCUT2D eigenvalue weighted by atomic mass is 10.1. The molecule has 1 saturated heterocycles.